The Balaban J connectivity index is 1.50. The number of anilines is 1. The molecule has 0 aliphatic carbocycles. The standard InChI is InChI=1S/C27H27ClN8O3/c1-14-7-18(15(2)31-20-5-6-21(28)32-22(20)16-9-30-33(3)10-16)24-19(8-14)26(38)34(4)25-23(29-13-36(24)25)27(39)35-11-17(37)12-35/h5-10,13,15,17,31,37H,11-12H2,1-4H3. The van der Waals surface area contributed by atoms with Crippen LogP contribution in [-0.2, 0) is 14.1 Å². The Morgan fingerprint density at radius 2 is 2.00 bits per heavy atom. The minimum atomic E-state index is -0.534. The number of β-amino-alcohol motifs (C(OH)–C–C–N with tert-alkyl or cyclic N) is 1. The number of aromatic nitrogens is 6. The molecule has 1 atom stereocenters. The maximum absolute atomic E-state index is 13.6. The molecule has 5 heterocycles. The van der Waals surface area contributed by atoms with Gasteiger partial charge in [0.05, 0.1) is 40.6 Å². The highest BCUT2D eigenvalue weighted by Gasteiger charge is 2.33. The lowest BCUT2D eigenvalue weighted by atomic mass is 10.0. The Labute approximate surface area is 228 Å². The SMILES string of the molecule is Cc1cc(C(C)Nc2ccc(Cl)nc2-c2cnn(C)c2)c2c(c1)c(=O)n(C)c1c(C(=O)N3CC(O)C3)ncn21. The molecular weight excluding hydrogens is 520 g/mol. The van der Waals surface area contributed by atoms with Gasteiger partial charge in [-0.15, -0.1) is 0 Å². The van der Waals surface area contributed by atoms with Crippen LogP contribution in [0.2, 0.25) is 5.15 Å². The van der Waals surface area contributed by atoms with Crippen molar-refractivity contribution in [1.82, 2.24) is 33.6 Å². The molecule has 0 saturated carbocycles. The lowest BCUT2D eigenvalue weighted by molar-refractivity contribution is 0.00564. The average Bonchev–Trinajstić information content (AvgIpc) is 3.52. The molecule has 1 aliphatic heterocycles. The van der Waals surface area contributed by atoms with Gasteiger partial charge in [0.2, 0.25) is 0 Å². The minimum absolute atomic E-state index is 0.177. The minimum Gasteiger partial charge on any atom is -0.389 e. The quantitative estimate of drug-likeness (QED) is 0.325. The topological polar surface area (TPSA) is 123 Å². The molecule has 1 saturated heterocycles. The second kappa shape index (κ2) is 9.21. The summed E-state index contributed by atoms with van der Waals surface area (Å²) in [6, 6.07) is 7.20. The highest BCUT2D eigenvalue weighted by molar-refractivity contribution is 6.29. The summed E-state index contributed by atoms with van der Waals surface area (Å²) in [5, 5.41) is 18.4. The zero-order valence-corrected chi connectivity index (χ0v) is 22.6. The van der Waals surface area contributed by atoms with Gasteiger partial charge in [-0.3, -0.25) is 23.2 Å². The van der Waals surface area contributed by atoms with Crippen molar-refractivity contribution in [2.45, 2.75) is 26.0 Å². The molecule has 6 rings (SSSR count). The number of hydrogen-bond acceptors (Lipinski definition) is 7. The van der Waals surface area contributed by atoms with Crippen LogP contribution >= 0.6 is 11.6 Å². The number of carbonyl (C=O) groups excluding carboxylic acids is 1. The van der Waals surface area contributed by atoms with Gasteiger partial charge in [0, 0.05) is 38.9 Å². The van der Waals surface area contributed by atoms with E-state index in [9.17, 15) is 14.7 Å². The van der Waals surface area contributed by atoms with Crippen molar-refractivity contribution >= 4 is 39.7 Å². The number of benzene rings is 1. The molecule has 0 spiro atoms. The smallest absolute Gasteiger partial charge is 0.276 e. The zero-order valence-electron chi connectivity index (χ0n) is 21.9. The molecule has 0 bridgehead atoms. The fourth-order valence-electron chi connectivity index (χ4n) is 5.22. The molecule has 0 radical (unpaired) electrons. The van der Waals surface area contributed by atoms with Crippen molar-refractivity contribution in [2.24, 2.45) is 14.1 Å². The monoisotopic (exact) mass is 546 g/mol. The van der Waals surface area contributed by atoms with Gasteiger partial charge in [0.25, 0.3) is 11.5 Å². The second-order valence-corrected chi connectivity index (χ2v) is 10.5. The van der Waals surface area contributed by atoms with Crippen LogP contribution in [0.1, 0.15) is 34.6 Å². The number of hydrogen-bond donors (Lipinski definition) is 2. The highest BCUT2D eigenvalue weighted by Crippen LogP contribution is 2.33. The summed E-state index contributed by atoms with van der Waals surface area (Å²) in [5.74, 6) is -0.315. The number of pyridine rings is 1. The van der Waals surface area contributed by atoms with E-state index in [2.05, 4.69) is 20.4 Å². The summed E-state index contributed by atoms with van der Waals surface area (Å²) in [6.07, 6.45) is 4.64. The van der Waals surface area contributed by atoms with Crippen molar-refractivity contribution in [3.63, 3.8) is 0 Å². The number of carbonyl (C=O) groups is 1. The molecule has 4 aromatic heterocycles. The van der Waals surface area contributed by atoms with Crippen molar-refractivity contribution in [1.29, 1.82) is 0 Å². The van der Waals surface area contributed by atoms with Gasteiger partial charge in [-0.05, 0) is 43.2 Å². The molecule has 12 heteroatoms. The number of likely N-dealkylation sites (tertiary alicyclic amines) is 1. The van der Waals surface area contributed by atoms with Gasteiger partial charge >= 0.3 is 0 Å². The summed E-state index contributed by atoms with van der Waals surface area (Å²) >= 11 is 6.24. The van der Waals surface area contributed by atoms with Crippen LogP contribution in [0.4, 0.5) is 5.69 Å². The predicted octanol–water partition coefficient (Wildman–Crippen LogP) is 2.93. The third-order valence-corrected chi connectivity index (χ3v) is 7.36. The van der Waals surface area contributed by atoms with E-state index in [1.807, 2.05) is 45.3 Å². The lowest BCUT2D eigenvalue weighted by Crippen LogP contribution is -2.53. The summed E-state index contributed by atoms with van der Waals surface area (Å²) in [6.45, 7) is 4.45. The molecular formula is C27H27ClN8O3. The lowest BCUT2D eigenvalue weighted by Gasteiger charge is -2.35. The van der Waals surface area contributed by atoms with Gasteiger partial charge in [-0.2, -0.15) is 5.10 Å². The highest BCUT2D eigenvalue weighted by atomic mass is 35.5. The van der Waals surface area contributed by atoms with Gasteiger partial charge in [0.1, 0.15) is 11.5 Å². The Kier molecular flexibility index (Phi) is 5.92. The third-order valence-electron chi connectivity index (χ3n) is 7.15. The van der Waals surface area contributed by atoms with E-state index >= 15 is 0 Å². The number of aliphatic hydroxyl groups is 1. The first-order chi connectivity index (χ1) is 18.6. The van der Waals surface area contributed by atoms with E-state index in [1.165, 1.54) is 9.47 Å². The van der Waals surface area contributed by atoms with Crippen LogP contribution in [0.15, 0.2) is 47.8 Å². The molecule has 2 N–H and O–H groups in total. The second-order valence-electron chi connectivity index (χ2n) is 10.1. The first-order valence-corrected chi connectivity index (χ1v) is 12.9. The van der Waals surface area contributed by atoms with Gasteiger partial charge in [-0.1, -0.05) is 17.7 Å². The van der Waals surface area contributed by atoms with E-state index in [4.69, 9.17) is 11.6 Å². The van der Waals surface area contributed by atoms with Crippen molar-refractivity contribution in [3.8, 4) is 11.3 Å². The van der Waals surface area contributed by atoms with E-state index in [0.29, 0.717) is 27.4 Å². The molecule has 5 aromatic rings. The van der Waals surface area contributed by atoms with Crippen molar-refractivity contribution < 1.29 is 9.90 Å². The molecule has 11 nitrogen and oxygen atoms in total. The van der Waals surface area contributed by atoms with Gasteiger partial charge < -0.3 is 15.3 Å². The number of nitrogens with one attached hydrogen (secondary N) is 1. The number of aryl methyl sites for hydroxylation is 3. The summed E-state index contributed by atoms with van der Waals surface area (Å²) < 4.78 is 4.96. The van der Waals surface area contributed by atoms with Crippen molar-refractivity contribution in [3.05, 3.63) is 75.3 Å². The average molecular weight is 547 g/mol. The van der Waals surface area contributed by atoms with Crippen molar-refractivity contribution in [2.75, 3.05) is 18.4 Å². The maximum Gasteiger partial charge on any atom is 0.276 e. The molecule has 200 valence electrons. The summed E-state index contributed by atoms with van der Waals surface area (Å²) in [7, 11) is 3.48. The molecule has 1 aliphatic rings. The number of halogens is 1. The number of aliphatic hydroxyl groups excluding tert-OH is 1. The summed E-state index contributed by atoms with van der Waals surface area (Å²) in [4.78, 5) is 37.2. The van der Waals surface area contributed by atoms with Crippen LogP contribution in [0, 0.1) is 6.92 Å². The van der Waals surface area contributed by atoms with E-state index < -0.39 is 6.10 Å². The first kappa shape index (κ1) is 25.1. The van der Waals surface area contributed by atoms with E-state index in [0.717, 1.165) is 22.4 Å². The maximum atomic E-state index is 13.6. The van der Waals surface area contributed by atoms with Crippen LogP contribution in [0.25, 0.3) is 27.8 Å². The van der Waals surface area contributed by atoms with Gasteiger partial charge in [0.15, 0.2) is 11.3 Å². The Bertz CT molecular complexity index is 1830. The van der Waals surface area contributed by atoms with E-state index in [-0.39, 0.29) is 36.3 Å². The number of nitrogens with zero attached hydrogens (tertiary/aromatic N) is 7. The van der Waals surface area contributed by atoms with Crippen LogP contribution < -0.4 is 10.9 Å². The van der Waals surface area contributed by atoms with Crippen LogP contribution in [-0.4, -0.2) is 63.8 Å². The fourth-order valence-corrected chi connectivity index (χ4v) is 5.37. The summed E-state index contributed by atoms with van der Waals surface area (Å²) in [5.41, 5.74) is 5.03. The third kappa shape index (κ3) is 4.14. The van der Waals surface area contributed by atoms with Gasteiger partial charge in [-0.25, -0.2) is 9.97 Å². The number of imidazole rings is 1. The molecule has 1 unspecified atom stereocenters. The Morgan fingerprint density at radius 3 is 2.69 bits per heavy atom. The fraction of sp³-hybridized carbons (Fsp3) is 0.296. The normalized spacial score (nSPS) is 14.7. The Morgan fingerprint density at radius 1 is 1.23 bits per heavy atom. The van der Waals surface area contributed by atoms with Crippen LogP contribution in [0.3, 0.4) is 0 Å². The molecule has 1 amide bonds. The largest absolute Gasteiger partial charge is 0.389 e. The number of fused-ring (bicyclic) bond motifs is 3. The number of amides is 1. The van der Waals surface area contributed by atoms with Crippen LogP contribution in [0.5, 0.6) is 0 Å². The zero-order chi connectivity index (χ0) is 27.6. The Hall–Kier alpha value is -4.22. The predicted molar refractivity (Wildman–Crippen MR) is 148 cm³/mol. The molecule has 1 fully saturated rings. The molecule has 1 aromatic carbocycles. The first-order valence-electron chi connectivity index (χ1n) is 12.5. The number of rotatable bonds is 5. The van der Waals surface area contributed by atoms with E-state index in [1.54, 1.807) is 34.7 Å². The molecule has 39 heavy (non-hydrogen) atoms.